The molecule has 0 saturated carbocycles. The van der Waals surface area contributed by atoms with Gasteiger partial charge in [-0.05, 0) is 36.6 Å². The van der Waals surface area contributed by atoms with Gasteiger partial charge in [-0.1, -0.05) is 11.2 Å². The monoisotopic (exact) mass is 236 g/mol. The Labute approximate surface area is 98.3 Å². The Morgan fingerprint density at radius 2 is 2.29 bits per heavy atom. The van der Waals surface area contributed by atoms with Gasteiger partial charge in [0.1, 0.15) is 5.82 Å². The van der Waals surface area contributed by atoms with Gasteiger partial charge >= 0.3 is 0 Å². The van der Waals surface area contributed by atoms with Crippen LogP contribution in [0.15, 0.2) is 29.4 Å². The predicted molar refractivity (Wildman–Crippen MR) is 62.0 cm³/mol. The maximum absolute atomic E-state index is 12.8. The first-order chi connectivity index (χ1) is 8.24. The fourth-order valence-corrected chi connectivity index (χ4v) is 1.29. The van der Waals surface area contributed by atoms with Gasteiger partial charge in [-0.25, -0.2) is 4.39 Å². The SMILES string of the molecule is [N-]=[N+]=NCCCCNC(=O)c1cccc(F)c1. The summed E-state index contributed by atoms with van der Waals surface area (Å²) in [4.78, 5) is 14.1. The number of benzene rings is 1. The van der Waals surface area contributed by atoms with Crippen molar-refractivity contribution in [2.45, 2.75) is 12.8 Å². The first kappa shape index (κ1) is 13.0. The number of nitrogens with one attached hydrogen (secondary N) is 1. The van der Waals surface area contributed by atoms with Gasteiger partial charge in [0.05, 0.1) is 0 Å². The smallest absolute Gasteiger partial charge is 0.251 e. The molecule has 17 heavy (non-hydrogen) atoms. The molecule has 0 saturated heterocycles. The highest BCUT2D eigenvalue weighted by molar-refractivity contribution is 5.94. The van der Waals surface area contributed by atoms with Crippen molar-refractivity contribution in [3.8, 4) is 0 Å². The molecule has 0 fully saturated rings. The second-order valence-electron chi connectivity index (χ2n) is 3.43. The van der Waals surface area contributed by atoms with Crippen LogP contribution in [-0.4, -0.2) is 19.0 Å². The number of azide groups is 1. The second-order valence-corrected chi connectivity index (χ2v) is 3.43. The third kappa shape index (κ3) is 4.99. The highest BCUT2D eigenvalue weighted by Gasteiger charge is 2.04. The number of rotatable bonds is 6. The van der Waals surface area contributed by atoms with Gasteiger partial charge in [0, 0.05) is 23.6 Å². The highest BCUT2D eigenvalue weighted by Crippen LogP contribution is 2.03. The van der Waals surface area contributed by atoms with Crippen LogP contribution in [0.1, 0.15) is 23.2 Å². The van der Waals surface area contributed by atoms with E-state index in [9.17, 15) is 9.18 Å². The summed E-state index contributed by atoms with van der Waals surface area (Å²) >= 11 is 0. The van der Waals surface area contributed by atoms with Crippen LogP contribution in [0.25, 0.3) is 10.4 Å². The van der Waals surface area contributed by atoms with Gasteiger partial charge in [0.2, 0.25) is 0 Å². The number of hydrogen-bond acceptors (Lipinski definition) is 2. The Balaban J connectivity index is 2.28. The van der Waals surface area contributed by atoms with Gasteiger partial charge < -0.3 is 5.32 Å². The number of nitrogens with zero attached hydrogens (tertiary/aromatic N) is 3. The van der Waals surface area contributed by atoms with Gasteiger partial charge in [0.25, 0.3) is 5.91 Å². The van der Waals surface area contributed by atoms with Gasteiger partial charge in [0.15, 0.2) is 0 Å². The summed E-state index contributed by atoms with van der Waals surface area (Å²) in [7, 11) is 0. The standard InChI is InChI=1S/C11H13FN4O/c12-10-5-3-4-9(8-10)11(17)14-6-1-2-7-15-16-13/h3-5,8H,1-2,6-7H2,(H,14,17). The van der Waals surface area contributed by atoms with Crippen LogP contribution in [0.4, 0.5) is 4.39 Å². The summed E-state index contributed by atoms with van der Waals surface area (Å²) in [5.41, 5.74) is 8.34. The molecule has 0 bridgehead atoms. The topological polar surface area (TPSA) is 77.9 Å². The van der Waals surface area contributed by atoms with Crippen LogP contribution < -0.4 is 5.32 Å². The number of amides is 1. The van der Waals surface area contributed by atoms with E-state index in [1.165, 1.54) is 18.2 Å². The Morgan fingerprint density at radius 1 is 1.47 bits per heavy atom. The normalized spacial score (nSPS) is 9.47. The maximum atomic E-state index is 12.8. The summed E-state index contributed by atoms with van der Waals surface area (Å²) in [6, 6.07) is 5.52. The molecule has 0 aliphatic heterocycles. The predicted octanol–water partition coefficient (Wildman–Crippen LogP) is 2.65. The first-order valence-electron chi connectivity index (χ1n) is 5.28. The van der Waals surface area contributed by atoms with Crippen LogP contribution in [0, 0.1) is 5.82 Å². The van der Waals surface area contributed by atoms with Crippen molar-refractivity contribution in [3.63, 3.8) is 0 Å². The summed E-state index contributed by atoms with van der Waals surface area (Å²) < 4.78 is 12.8. The van der Waals surface area contributed by atoms with E-state index in [4.69, 9.17) is 5.53 Å². The third-order valence-corrected chi connectivity index (χ3v) is 2.12. The van der Waals surface area contributed by atoms with Gasteiger partial charge in [-0.2, -0.15) is 0 Å². The fourth-order valence-electron chi connectivity index (χ4n) is 1.29. The van der Waals surface area contributed by atoms with E-state index in [1.54, 1.807) is 6.07 Å². The second kappa shape index (κ2) is 7.24. The maximum Gasteiger partial charge on any atom is 0.251 e. The van der Waals surface area contributed by atoms with Crippen LogP contribution in [0.2, 0.25) is 0 Å². The van der Waals surface area contributed by atoms with E-state index in [2.05, 4.69) is 15.3 Å². The number of carbonyl (C=O) groups excluding carboxylic acids is 1. The average Bonchev–Trinajstić information content (AvgIpc) is 2.33. The summed E-state index contributed by atoms with van der Waals surface area (Å²) in [6.07, 6.45) is 1.44. The molecule has 6 heteroatoms. The van der Waals surface area contributed by atoms with E-state index in [0.717, 1.165) is 6.42 Å². The van der Waals surface area contributed by atoms with Crippen molar-refractivity contribution < 1.29 is 9.18 Å². The molecule has 0 aromatic heterocycles. The summed E-state index contributed by atoms with van der Waals surface area (Å²) in [5, 5.41) is 6.04. The molecule has 5 nitrogen and oxygen atoms in total. The molecule has 1 aromatic carbocycles. The molecule has 0 spiro atoms. The largest absolute Gasteiger partial charge is 0.352 e. The van der Waals surface area contributed by atoms with Crippen molar-refractivity contribution in [1.29, 1.82) is 0 Å². The molecule has 1 amide bonds. The quantitative estimate of drug-likeness (QED) is 0.350. The molecule has 0 heterocycles. The lowest BCUT2D eigenvalue weighted by molar-refractivity contribution is 0.0952. The Kier molecular flexibility index (Phi) is 5.54. The van der Waals surface area contributed by atoms with Gasteiger partial charge in [-0.15, -0.1) is 0 Å². The molecule has 1 N–H and O–H groups in total. The Morgan fingerprint density at radius 3 is 3.00 bits per heavy atom. The van der Waals surface area contributed by atoms with Crippen LogP contribution in [0.5, 0.6) is 0 Å². The van der Waals surface area contributed by atoms with Crippen molar-refractivity contribution in [2.75, 3.05) is 13.1 Å². The molecule has 0 atom stereocenters. The summed E-state index contributed by atoms with van der Waals surface area (Å²) in [6.45, 7) is 0.905. The molecule has 1 aromatic rings. The van der Waals surface area contributed by atoms with E-state index >= 15 is 0 Å². The lowest BCUT2D eigenvalue weighted by Gasteiger charge is -2.04. The molecular weight excluding hydrogens is 223 g/mol. The van der Waals surface area contributed by atoms with Crippen LogP contribution in [-0.2, 0) is 0 Å². The zero-order valence-electron chi connectivity index (χ0n) is 9.27. The molecule has 90 valence electrons. The number of halogens is 1. The van der Waals surface area contributed by atoms with Crippen LogP contribution in [0.3, 0.4) is 0 Å². The lowest BCUT2D eigenvalue weighted by Crippen LogP contribution is -2.24. The third-order valence-electron chi connectivity index (χ3n) is 2.12. The highest BCUT2D eigenvalue weighted by atomic mass is 19.1. The molecule has 0 radical (unpaired) electrons. The minimum absolute atomic E-state index is 0.298. The fraction of sp³-hybridized carbons (Fsp3) is 0.364. The van der Waals surface area contributed by atoms with Gasteiger partial charge in [-0.3, -0.25) is 4.79 Å². The molecule has 0 unspecified atom stereocenters. The Hall–Kier alpha value is -2.07. The van der Waals surface area contributed by atoms with E-state index in [0.29, 0.717) is 25.1 Å². The van der Waals surface area contributed by atoms with Crippen molar-refractivity contribution in [2.24, 2.45) is 5.11 Å². The Bertz CT molecular complexity index is 429. The van der Waals surface area contributed by atoms with E-state index < -0.39 is 5.82 Å². The molecule has 0 aliphatic carbocycles. The van der Waals surface area contributed by atoms with Crippen molar-refractivity contribution >= 4 is 5.91 Å². The molecular formula is C11H13FN4O. The van der Waals surface area contributed by atoms with E-state index in [1.807, 2.05) is 0 Å². The van der Waals surface area contributed by atoms with Crippen molar-refractivity contribution in [1.82, 2.24) is 5.32 Å². The number of unbranched alkanes of at least 4 members (excludes halogenated alkanes) is 1. The zero-order chi connectivity index (χ0) is 12.5. The zero-order valence-corrected chi connectivity index (χ0v) is 9.27. The number of carbonyl (C=O) groups is 1. The molecule has 0 aliphatic rings. The first-order valence-corrected chi connectivity index (χ1v) is 5.28. The summed E-state index contributed by atoms with van der Waals surface area (Å²) in [5.74, 6) is -0.728. The minimum atomic E-state index is -0.430. The van der Waals surface area contributed by atoms with Crippen molar-refractivity contribution in [3.05, 3.63) is 46.1 Å². The lowest BCUT2D eigenvalue weighted by atomic mass is 10.2. The van der Waals surface area contributed by atoms with Crippen LogP contribution >= 0.6 is 0 Å². The minimum Gasteiger partial charge on any atom is -0.352 e. The average molecular weight is 236 g/mol. The number of hydrogen-bond donors (Lipinski definition) is 1. The molecule has 1 rings (SSSR count). The van der Waals surface area contributed by atoms with E-state index in [-0.39, 0.29) is 5.91 Å².